The zero-order valence-corrected chi connectivity index (χ0v) is 18.9. The van der Waals surface area contributed by atoms with Gasteiger partial charge < -0.3 is 9.64 Å². The SMILES string of the molecule is Cc1ccccc1CN(Cc1cccnc1)C(=O)C(C)(C)COc1ccc(C(F)(F)F)cc1. The van der Waals surface area contributed by atoms with E-state index in [2.05, 4.69) is 4.98 Å². The van der Waals surface area contributed by atoms with E-state index in [4.69, 9.17) is 4.74 Å². The van der Waals surface area contributed by atoms with Gasteiger partial charge in [0.25, 0.3) is 0 Å². The fourth-order valence-corrected chi connectivity index (χ4v) is 3.40. The lowest BCUT2D eigenvalue weighted by Crippen LogP contribution is -2.43. The van der Waals surface area contributed by atoms with Crippen LogP contribution in [0.3, 0.4) is 0 Å². The van der Waals surface area contributed by atoms with Crippen LogP contribution in [-0.4, -0.2) is 22.4 Å². The second kappa shape index (κ2) is 10.1. The van der Waals surface area contributed by atoms with Gasteiger partial charge in [0.05, 0.1) is 11.0 Å². The molecular weight excluding hydrogens is 429 g/mol. The molecule has 0 spiro atoms. The van der Waals surface area contributed by atoms with Gasteiger partial charge in [0, 0.05) is 25.5 Å². The summed E-state index contributed by atoms with van der Waals surface area (Å²) in [6.45, 7) is 6.37. The second-order valence-corrected chi connectivity index (χ2v) is 8.64. The summed E-state index contributed by atoms with van der Waals surface area (Å²) in [6, 6.07) is 16.1. The number of nitrogens with zero attached hydrogens (tertiary/aromatic N) is 2. The van der Waals surface area contributed by atoms with E-state index in [0.29, 0.717) is 13.1 Å². The van der Waals surface area contributed by atoms with Crippen LogP contribution in [0.25, 0.3) is 0 Å². The molecule has 33 heavy (non-hydrogen) atoms. The van der Waals surface area contributed by atoms with Gasteiger partial charge in [-0.25, -0.2) is 0 Å². The molecule has 1 aromatic heterocycles. The molecule has 0 atom stereocenters. The molecule has 0 fully saturated rings. The lowest BCUT2D eigenvalue weighted by Gasteiger charge is -2.32. The average Bonchev–Trinajstić information content (AvgIpc) is 2.78. The molecule has 0 aliphatic rings. The number of hydrogen-bond donors (Lipinski definition) is 0. The third-order valence-corrected chi connectivity index (χ3v) is 5.37. The molecule has 174 valence electrons. The highest BCUT2D eigenvalue weighted by molar-refractivity contribution is 5.82. The van der Waals surface area contributed by atoms with Crippen molar-refractivity contribution in [3.05, 3.63) is 95.3 Å². The van der Waals surface area contributed by atoms with Crippen LogP contribution in [0.2, 0.25) is 0 Å². The molecule has 3 aromatic rings. The Morgan fingerprint density at radius 3 is 2.27 bits per heavy atom. The topological polar surface area (TPSA) is 42.4 Å². The van der Waals surface area contributed by atoms with Gasteiger partial charge in [-0.1, -0.05) is 30.3 Å². The third kappa shape index (κ3) is 6.57. The predicted octanol–water partition coefficient (Wildman–Crippen LogP) is 6.04. The van der Waals surface area contributed by atoms with Crippen molar-refractivity contribution in [3.8, 4) is 5.75 Å². The van der Waals surface area contributed by atoms with E-state index in [1.54, 1.807) is 31.1 Å². The van der Waals surface area contributed by atoms with Crippen molar-refractivity contribution in [2.45, 2.75) is 40.0 Å². The minimum Gasteiger partial charge on any atom is -0.492 e. The second-order valence-electron chi connectivity index (χ2n) is 8.64. The van der Waals surface area contributed by atoms with Crippen molar-refractivity contribution in [1.82, 2.24) is 9.88 Å². The van der Waals surface area contributed by atoms with Crippen molar-refractivity contribution < 1.29 is 22.7 Å². The lowest BCUT2D eigenvalue weighted by atomic mass is 9.92. The molecule has 3 rings (SSSR count). The number of ether oxygens (including phenoxy) is 1. The van der Waals surface area contributed by atoms with Crippen LogP contribution in [0.1, 0.15) is 36.1 Å². The monoisotopic (exact) mass is 456 g/mol. The van der Waals surface area contributed by atoms with Gasteiger partial charge in [0.15, 0.2) is 0 Å². The van der Waals surface area contributed by atoms with E-state index < -0.39 is 17.2 Å². The first-order chi connectivity index (χ1) is 15.6. The highest BCUT2D eigenvalue weighted by Gasteiger charge is 2.34. The molecule has 0 saturated heterocycles. The molecule has 2 aromatic carbocycles. The summed E-state index contributed by atoms with van der Waals surface area (Å²) >= 11 is 0. The Morgan fingerprint density at radius 1 is 0.970 bits per heavy atom. The summed E-state index contributed by atoms with van der Waals surface area (Å²) in [5.41, 5.74) is 1.37. The number of rotatable bonds is 8. The summed E-state index contributed by atoms with van der Waals surface area (Å²) < 4.78 is 44.0. The molecule has 0 unspecified atom stereocenters. The van der Waals surface area contributed by atoms with Gasteiger partial charge in [-0.3, -0.25) is 9.78 Å². The maximum atomic E-state index is 13.6. The van der Waals surface area contributed by atoms with Crippen molar-refractivity contribution in [2.24, 2.45) is 5.41 Å². The largest absolute Gasteiger partial charge is 0.492 e. The first-order valence-electron chi connectivity index (χ1n) is 10.6. The van der Waals surface area contributed by atoms with E-state index >= 15 is 0 Å². The highest BCUT2D eigenvalue weighted by atomic mass is 19.4. The summed E-state index contributed by atoms with van der Waals surface area (Å²) in [5, 5.41) is 0. The number of aromatic nitrogens is 1. The maximum absolute atomic E-state index is 13.6. The van der Waals surface area contributed by atoms with Gasteiger partial charge in [-0.05, 0) is 67.8 Å². The van der Waals surface area contributed by atoms with Crippen molar-refractivity contribution in [3.63, 3.8) is 0 Å². The number of aryl methyl sites for hydroxylation is 1. The molecule has 0 radical (unpaired) electrons. The van der Waals surface area contributed by atoms with Gasteiger partial charge in [-0.15, -0.1) is 0 Å². The number of hydrogen-bond acceptors (Lipinski definition) is 3. The van der Waals surface area contributed by atoms with Crippen LogP contribution in [0.5, 0.6) is 5.75 Å². The number of halogens is 3. The number of amides is 1. The zero-order chi connectivity index (χ0) is 24.1. The van der Waals surface area contributed by atoms with Crippen molar-refractivity contribution in [2.75, 3.05) is 6.61 Å². The van der Waals surface area contributed by atoms with E-state index in [0.717, 1.165) is 28.8 Å². The number of alkyl halides is 3. The molecule has 7 heteroatoms. The van der Waals surface area contributed by atoms with Crippen LogP contribution in [0.4, 0.5) is 13.2 Å². The Labute approximate surface area is 192 Å². The Morgan fingerprint density at radius 2 is 1.67 bits per heavy atom. The number of carbonyl (C=O) groups is 1. The van der Waals surface area contributed by atoms with E-state index in [1.807, 2.05) is 43.3 Å². The normalized spacial score (nSPS) is 11.8. The van der Waals surface area contributed by atoms with Gasteiger partial charge in [0.1, 0.15) is 12.4 Å². The molecule has 1 amide bonds. The van der Waals surface area contributed by atoms with Crippen LogP contribution in [-0.2, 0) is 24.1 Å². The molecule has 0 bridgehead atoms. The number of pyridine rings is 1. The molecule has 0 aliphatic heterocycles. The Balaban J connectivity index is 1.76. The Kier molecular flexibility index (Phi) is 7.41. The molecule has 1 heterocycles. The van der Waals surface area contributed by atoms with Crippen LogP contribution in [0.15, 0.2) is 73.1 Å². The van der Waals surface area contributed by atoms with Crippen LogP contribution in [0, 0.1) is 12.3 Å². The minimum atomic E-state index is -4.41. The molecule has 4 nitrogen and oxygen atoms in total. The van der Waals surface area contributed by atoms with Crippen molar-refractivity contribution >= 4 is 5.91 Å². The number of benzene rings is 2. The molecular formula is C26H27F3N2O2. The number of carbonyl (C=O) groups excluding carboxylic acids is 1. The summed E-state index contributed by atoms with van der Waals surface area (Å²) in [4.78, 5) is 19.5. The lowest BCUT2D eigenvalue weighted by molar-refractivity contribution is -0.143. The molecule has 0 N–H and O–H groups in total. The average molecular weight is 457 g/mol. The maximum Gasteiger partial charge on any atom is 0.416 e. The third-order valence-electron chi connectivity index (χ3n) is 5.37. The molecule has 0 saturated carbocycles. The van der Waals surface area contributed by atoms with E-state index in [-0.39, 0.29) is 18.3 Å². The van der Waals surface area contributed by atoms with E-state index in [1.165, 1.54) is 12.1 Å². The summed E-state index contributed by atoms with van der Waals surface area (Å²) in [5.74, 6) is 0.156. The summed E-state index contributed by atoms with van der Waals surface area (Å²) in [7, 11) is 0. The first kappa shape index (κ1) is 24.3. The van der Waals surface area contributed by atoms with Gasteiger partial charge >= 0.3 is 6.18 Å². The van der Waals surface area contributed by atoms with Crippen molar-refractivity contribution in [1.29, 1.82) is 0 Å². The zero-order valence-electron chi connectivity index (χ0n) is 18.9. The highest BCUT2D eigenvalue weighted by Crippen LogP contribution is 2.31. The fraction of sp³-hybridized carbons (Fsp3) is 0.308. The summed E-state index contributed by atoms with van der Waals surface area (Å²) in [6.07, 6.45) is -1.00. The van der Waals surface area contributed by atoms with E-state index in [9.17, 15) is 18.0 Å². The first-order valence-corrected chi connectivity index (χ1v) is 10.6. The van der Waals surface area contributed by atoms with Gasteiger partial charge in [-0.2, -0.15) is 13.2 Å². The standard InChI is InChI=1S/C26H27F3N2O2/c1-19-7-4-5-9-21(19)17-31(16-20-8-6-14-30-15-20)24(32)25(2,3)18-33-23-12-10-22(11-13-23)26(27,28)29/h4-15H,16-18H2,1-3H3. The van der Waals surface area contributed by atoms with Gasteiger partial charge in [0.2, 0.25) is 5.91 Å². The fourth-order valence-electron chi connectivity index (χ4n) is 3.40. The predicted molar refractivity (Wildman–Crippen MR) is 120 cm³/mol. The Bertz CT molecular complexity index is 1060. The Hall–Kier alpha value is -3.35. The van der Waals surface area contributed by atoms with Crippen LogP contribution >= 0.6 is 0 Å². The smallest absolute Gasteiger partial charge is 0.416 e. The minimum absolute atomic E-state index is 0.0223. The van der Waals surface area contributed by atoms with Crippen LogP contribution < -0.4 is 4.74 Å². The quantitative estimate of drug-likeness (QED) is 0.415. The molecule has 0 aliphatic carbocycles.